The quantitative estimate of drug-likeness (QED) is 0.433. The first-order valence-electron chi connectivity index (χ1n) is 10.4. The molecule has 4 aromatic rings. The summed E-state index contributed by atoms with van der Waals surface area (Å²) >= 11 is 1.28. The molecule has 1 unspecified atom stereocenters. The Balaban J connectivity index is 1.48. The Hall–Kier alpha value is -3.58. The minimum atomic E-state index is -0.497. The van der Waals surface area contributed by atoms with E-state index in [1.54, 1.807) is 21.9 Å². The summed E-state index contributed by atoms with van der Waals surface area (Å²) in [6.45, 7) is 0.614. The molecule has 0 radical (unpaired) electrons. The van der Waals surface area contributed by atoms with E-state index in [0.29, 0.717) is 22.9 Å². The van der Waals surface area contributed by atoms with Gasteiger partial charge in [-0.15, -0.1) is 0 Å². The number of halogens is 1. The summed E-state index contributed by atoms with van der Waals surface area (Å²) in [7, 11) is 0. The van der Waals surface area contributed by atoms with Gasteiger partial charge in [-0.2, -0.15) is 0 Å². The number of benzene rings is 3. The topological polar surface area (TPSA) is 53.5 Å². The molecule has 2 heterocycles. The van der Waals surface area contributed by atoms with Gasteiger partial charge in [0.05, 0.1) is 17.2 Å². The number of aromatic nitrogens is 1. The Bertz CT molecular complexity index is 1280. The molecule has 1 atom stereocenters. The van der Waals surface area contributed by atoms with Crippen LogP contribution in [0.5, 0.6) is 0 Å². The van der Waals surface area contributed by atoms with Crippen LogP contribution in [0.3, 0.4) is 0 Å². The number of anilines is 2. The predicted octanol–water partition coefficient (Wildman–Crippen LogP) is 5.02. The highest BCUT2D eigenvalue weighted by Crippen LogP contribution is 2.34. The second kappa shape index (κ2) is 8.51. The average Bonchev–Trinajstić information content (AvgIpc) is 3.43. The number of para-hydroxylation sites is 2. The Morgan fingerprint density at radius 2 is 1.75 bits per heavy atom. The van der Waals surface area contributed by atoms with E-state index in [4.69, 9.17) is 0 Å². The van der Waals surface area contributed by atoms with Crippen LogP contribution in [-0.2, 0) is 16.1 Å². The lowest BCUT2D eigenvalue weighted by Crippen LogP contribution is -2.37. The third kappa shape index (κ3) is 3.87. The molecule has 160 valence electrons. The fraction of sp³-hybridized carbons (Fsp3) is 0.160. The molecular formula is C25H20FN3O2S. The monoisotopic (exact) mass is 445 g/mol. The molecule has 1 aliphatic rings. The average molecular weight is 446 g/mol. The Morgan fingerprint density at radius 3 is 2.47 bits per heavy atom. The van der Waals surface area contributed by atoms with Crippen LogP contribution in [0.1, 0.15) is 12.0 Å². The number of amides is 2. The molecule has 1 fully saturated rings. The molecule has 3 aromatic carbocycles. The maximum Gasteiger partial charge on any atom is 0.234 e. The summed E-state index contributed by atoms with van der Waals surface area (Å²) in [6, 6.07) is 23.7. The second-order valence-electron chi connectivity index (χ2n) is 7.73. The van der Waals surface area contributed by atoms with Crippen LogP contribution >= 0.6 is 11.3 Å². The maximum atomic E-state index is 14.3. The van der Waals surface area contributed by atoms with Crippen molar-refractivity contribution in [1.29, 1.82) is 0 Å². The van der Waals surface area contributed by atoms with Gasteiger partial charge in [0.25, 0.3) is 0 Å². The molecule has 5 rings (SSSR count). The van der Waals surface area contributed by atoms with Gasteiger partial charge in [0, 0.05) is 18.7 Å². The van der Waals surface area contributed by atoms with E-state index in [-0.39, 0.29) is 23.8 Å². The molecule has 0 spiro atoms. The van der Waals surface area contributed by atoms with Crippen LogP contribution in [0.15, 0.2) is 78.9 Å². The van der Waals surface area contributed by atoms with Gasteiger partial charge >= 0.3 is 0 Å². The van der Waals surface area contributed by atoms with Crippen LogP contribution in [-0.4, -0.2) is 23.3 Å². The number of nitrogens with zero attached hydrogens (tertiary/aromatic N) is 3. The number of carbonyl (C=O) groups excluding carboxylic acids is 2. The fourth-order valence-electron chi connectivity index (χ4n) is 3.98. The van der Waals surface area contributed by atoms with E-state index in [0.717, 1.165) is 11.3 Å². The summed E-state index contributed by atoms with van der Waals surface area (Å²) in [4.78, 5) is 34.0. The lowest BCUT2D eigenvalue weighted by Gasteiger charge is -2.23. The van der Waals surface area contributed by atoms with Gasteiger partial charge < -0.3 is 4.90 Å². The molecule has 5 nitrogen and oxygen atoms in total. The molecule has 0 saturated carbocycles. The smallest absolute Gasteiger partial charge is 0.234 e. The third-order valence-corrected chi connectivity index (χ3v) is 6.62. The SMILES string of the molecule is O=C1CC(C(=O)N(Cc2ccccc2)c2nc3c(F)cccc3s2)CN1c1ccccc1. The summed E-state index contributed by atoms with van der Waals surface area (Å²) in [5.74, 6) is -1.17. The molecule has 2 amide bonds. The highest BCUT2D eigenvalue weighted by atomic mass is 32.1. The number of hydrogen-bond donors (Lipinski definition) is 0. The Labute approximate surface area is 188 Å². The van der Waals surface area contributed by atoms with Crippen LogP contribution in [0, 0.1) is 11.7 Å². The molecular weight excluding hydrogens is 425 g/mol. The molecule has 7 heteroatoms. The minimum absolute atomic E-state index is 0.0791. The summed E-state index contributed by atoms with van der Waals surface area (Å²) in [5, 5.41) is 0.435. The van der Waals surface area contributed by atoms with E-state index in [1.807, 2.05) is 60.7 Å². The van der Waals surface area contributed by atoms with Gasteiger partial charge in [0.2, 0.25) is 11.8 Å². The number of thiazole rings is 1. The fourth-order valence-corrected chi connectivity index (χ4v) is 4.96. The van der Waals surface area contributed by atoms with Gasteiger partial charge in [0.15, 0.2) is 5.13 Å². The van der Waals surface area contributed by atoms with Crippen LogP contribution in [0.2, 0.25) is 0 Å². The van der Waals surface area contributed by atoms with Gasteiger partial charge in [-0.25, -0.2) is 9.37 Å². The van der Waals surface area contributed by atoms with Crippen LogP contribution in [0.25, 0.3) is 10.2 Å². The highest BCUT2D eigenvalue weighted by molar-refractivity contribution is 7.22. The van der Waals surface area contributed by atoms with Crippen molar-refractivity contribution in [3.05, 3.63) is 90.2 Å². The number of carbonyl (C=O) groups is 2. The molecule has 1 aliphatic heterocycles. The zero-order valence-electron chi connectivity index (χ0n) is 17.1. The van der Waals surface area contributed by atoms with E-state index in [1.165, 1.54) is 17.4 Å². The van der Waals surface area contributed by atoms with Crippen LogP contribution in [0.4, 0.5) is 15.2 Å². The lowest BCUT2D eigenvalue weighted by atomic mass is 10.1. The van der Waals surface area contributed by atoms with E-state index >= 15 is 0 Å². The van der Waals surface area contributed by atoms with Crippen molar-refractivity contribution in [2.24, 2.45) is 5.92 Å². The van der Waals surface area contributed by atoms with E-state index in [2.05, 4.69) is 4.98 Å². The van der Waals surface area contributed by atoms with Gasteiger partial charge in [-0.3, -0.25) is 14.5 Å². The minimum Gasteiger partial charge on any atom is -0.312 e. The van der Waals surface area contributed by atoms with Crippen molar-refractivity contribution in [1.82, 2.24) is 4.98 Å². The van der Waals surface area contributed by atoms with Crippen molar-refractivity contribution in [2.45, 2.75) is 13.0 Å². The first-order chi connectivity index (χ1) is 15.6. The van der Waals surface area contributed by atoms with Gasteiger partial charge in [-0.05, 0) is 29.8 Å². The first-order valence-corrected chi connectivity index (χ1v) is 11.2. The maximum absolute atomic E-state index is 14.3. The van der Waals surface area contributed by atoms with Crippen molar-refractivity contribution in [3.63, 3.8) is 0 Å². The number of rotatable bonds is 5. The molecule has 32 heavy (non-hydrogen) atoms. The molecule has 0 aliphatic carbocycles. The number of fused-ring (bicyclic) bond motifs is 1. The van der Waals surface area contributed by atoms with Crippen molar-refractivity contribution < 1.29 is 14.0 Å². The van der Waals surface area contributed by atoms with Gasteiger partial charge in [-0.1, -0.05) is 65.9 Å². The Kier molecular flexibility index (Phi) is 5.41. The number of hydrogen-bond acceptors (Lipinski definition) is 4. The van der Waals surface area contributed by atoms with Gasteiger partial charge in [0.1, 0.15) is 11.3 Å². The molecule has 0 bridgehead atoms. The van der Waals surface area contributed by atoms with Crippen molar-refractivity contribution in [2.75, 3.05) is 16.3 Å². The van der Waals surface area contributed by atoms with Crippen molar-refractivity contribution in [3.8, 4) is 0 Å². The molecule has 1 saturated heterocycles. The van der Waals surface area contributed by atoms with E-state index < -0.39 is 11.7 Å². The zero-order chi connectivity index (χ0) is 22.1. The first kappa shape index (κ1) is 20.3. The largest absolute Gasteiger partial charge is 0.312 e. The molecule has 0 N–H and O–H groups in total. The Morgan fingerprint density at radius 1 is 1.03 bits per heavy atom. The van der Waals surface area contributed by atoms with Crippen molar-refractivity contribution >= 4 is 44.2 Å². The zero-order valence-corrected chi connectivity index (χ0v) is 18.0. The normalized spacial score (nSPS) is 16.0. The summed E-state index contributed by atoms with van der Waals surface area (Å²) < 4.78 is 15.0. The highest BCUT2D eigenvalue weighted by Gasteiger charge is 2.38. The summed E-state index contributed by atoms with van der Waals surface area (Å²) in [6.07, 6.45) is 0.137. The second-order valence-corrected chi connectivity index (χ2v) is 8.74. The predicted molar refractivity (Wildman–Crippen MR) is 124 cm³/mol. The van der Waals surface area contributed by atoms with Crippen LogP contribution < -0.4 is 9.80 Å². The third-order valence-electron chi connectivity index (χ3n) is 5.58. The standard InChI is InChI=1S/C25H20FN3O2S/c26-20-12-7-13-21-23(20)27-25(32-21)29(15-17-8-3-1-4-9-17)24(31)18-14-22(30)28(16-18)19-10-5-2-6-11-19/h1-13,18H,14-16H2. The lowest BCUT2D eigenvalue weighted by molar-refractivity contribution is -0.124. The molecule has 1 aromatic heterocycles. The summed E-state index contributed by atoms with van der Waals surface area (Å²) in [5.41, 5.74) is 1.97. The van der Waals surface area contributed by atoms with E-state index in [9.17, 15) is 14.0 Å².